The number of benzene rings is 1. The number of rotatable bonds is 3. The van der Waals surface area contributed by atoms with E-state index in [1.807, 2.05) is 31.2 Å². The Hall–Kier alpha value is -1.80. The largest absolute Gasteiger partial charge is 0.347 e. The summed E-state index contributed by atoms with van der Waals surface area (Å²) in [6.07, 6.45) is 0. The van der Waals surface area contributed by atoms with Gasteiger partial charge in [0.1, 0.15) is 0 Å². The van der Waals surface area contributed by atoms with E-state index in [1.165, 1.54) is 11.3 Å². The van der Waals surface area contributed by atoms with Crippen molar-refractivity contribution in [1.82, 2.24) is 5.32 Å². The van der Waals surface area contributed by atoms with Crippen LogP contribution in [0.15, 0.2) is 30.3 Å². The summed E-state index contributed by atoms with van der Waals surface area (Å²) in [6, 6.07) is 9.26. The Bertz CT molecular complexity index is 713. The number of thiophene rings is 1. The fraction of sp³-hybridized carbons (Fsp3) is 0.188. The summed E-state index contributed by atoms with van der Waals surface area (Å²) in [5.74, 6) is 5.61. The van der Waals surface area contributed by atoms with E-state index in [1.54, 1.807) is 6.07 Å². The van der Waals surface area contributed by atoms with Gasteiger partial charge in [0.2, 0.25) is 0 Å². The molecule has 0 aliphatic rings. The molecule has 0 aliphatic carbocycles. The summed E-state index contributed by atoms with van der Waals surface area (Å²) in [4.78, 5) is 13.2. The van der Waals surface area contributed by atoms with Crippen LogP contribution in [0.1, 0.15) is 26.4 Å². The molecule has 2 rings (SSSR count). The number of hydrogen-bond donors (Lipinski definition) is 2. The second-order valence-corrected chi connectivity index (χ2v) is 6.28. The predicted molar refractivity (Wildman–Crippen MR) is 87.6 cm³/mol. The lowest BCUT2D eigenvalue weighted by Crippen LogP contribution is -2.22. The molecule has 0 fully saturated rings. The van der Waals surface area contributed by atoms with Gasteiger partial charge in [-0.15, -0.1) is 11.3 Å². The number of aryl methyl sites for hydroxylation is 1. The molecule has 108 valence electrons. The van der Waals surface area contributed by atoms with Gasteiger partial charge in [-0.3, -0.25) is 4.79 Å². The standard InChI is InChI=1S/C16H15ClN2OS/c1-11-7-12(3-2-6-18)9-13(8-11)16(20)19-10-14-4-5-15(17)21-14/h4-5,7-9H,6,10,18H2,1H3,(H,19,20). The molecule has 0 radical (unpaired) electrons. The molecule has 1 aromatic carbocycles. The number of carbonyl (C=O) groups excluding carboxylic acids is 1. The molecule has 2 aromatic rings. The van der Waals surface area contributed by atoms with Gasteiger partial charge in [0.05, 0.1) is 17.4 Å². The van der Waals surface area contributed by atoms with Crippen LogP contribution in [0.4, 0.5) is 0 Å². The summed E-state index contributed by atoms with van der Waals surface area (Å²) >= 11 is 7.32. The molecule has 0 saturated carbocycles. The first-order chi connectivity index (χ1) is 10.1. The van der Waals surface area contributed by atoms with E-state index in [4.69, 9.17) is 17.3 Å². The van der Waals surface area contributed by atoms with Crippen molar-refractivity contribution >= 4 is 28.8 Å². The average Bonchev–Trinajstić information content (AvgIpc) is 2.87. The number of halogens is 1. The second-order valence-electron chi connectivity index (χ2n) is 4.48. The molecule has 0 unspecified atom stereocenters. The van der Waals surface area contributed by atoms with Gasteiger partial charge in [0.15, 0.2) is 0 Å². The van der Waals surface area contributed by atoms with Crippen molar-refractivity contribution in [2.45, 2.75) is 13.5 Å². The Morgan fingerprint density at radius 3 is 2.86 bits per heavy atom. The van der Waals surface area contributed by atoms with Gasteiger partial charge in [0, 0.05) is 16.0 Å². The van der Waals surface area contributed by atoms with Crippen LogP contribution in [0, 0.1) is 18.8 Å². The SMILES string of the molecule is Cc1cc(C#CCN)cc(C(=O)NCc2ccc(Cl)s2)c1. The Morgan fingerprint density at radius 2 is 2.19 bits per heavy atom. The van der Waals surface area contributed by atoms with Crippen molar-refractivity contribution in [3.63, 3.8) is 0 Å². The number of carbonyl (C=O) groups is 1. The number of nitrogens with two attached hydrogens (primary N) is 1. The highest BCUT2D eigenvalue weighted by atomic mass is 35.5. The van der Waals surface area contributed by atoms with E-state index in [0.29, 0.717) is 23.0 Å². The predicted octanol–water partition coefficient (Wildman–Crippen LogP) is 2.95. The Balaban J connectivity index is 2.09. The van der Waals surface area contributed by atoms with E-state index in [-0.39, 0.29) is 5.91 Å². The molecular formula is C16H15ClN2OS. The number of nitrogens with one attached hydrogen (secondary N) is 1. The minimum atomic E-state index is -0.126. The number of amides is 1. The first kappa shape index (κ1) is 15.6. The summed E-state index contributed by atoms with van der Waals surface area (Å²) in [5.41, 5.74) is 7.75. The van der Waals surface area contributed by atoms with E-state index in [2.05, 4.69) is 17.2 Å². The molecule has 0 saturated heterocycles. The van der Waals surface area contributed by atoms with Crippen LogP contribution in [-0.2, 0) is 6.54 Å². The fourth-order valence-electron chi connectivity index (χ4n) is 1.86. The summed E-state index contributed by atoms with van der Waals surface area (Å²) in [7, 11) is 0. The third-order valence-corrected chi connectivity index (χ3v) is 3.96. The number of hydrogen-bond acceptors (Lipinski definition) is 3. The molecule has 0 spiro atoms. The summed E-state index contributed by atoms with van der Waals surface area (Å²) in [5, 5.41) is 2.88. The minimum Gasteiger partial charge on any atom is -0.347 e. The van der Waals surface area contributed by atoms with Crippen molar-refractivity contribution in [2.75, 3.05) is 6.54 Å². The molecular weight excluding hydrogens is 304 g/mol. The van der Waals surface area contributed by atoms with Crippen molar-refractivity contribution in [2.24, 2.45) is 5.73 Å². The molecule has 3 nitrogen and oxygen atoms in total. The smallest absolute Gasteiger partial charge is 0.251 e. The normalized spacial score (nSPS) is 9.86. The van der Waals surface area contributed by atoms with Crippen molar-refractivity contribution < 1.29 is 4.79 Å². The van der Waals surface area contributed by atoms with Crippen LogP contribution in [0.3, 0.4) is 0 Å². The van der Waals surface area contributed by atoms with Gasteiger partial charge in [-0.1, -0.05) is 23.4 Å². The lowest BCUT2D eigenvalue weighted by Gasteiger charge is -2.05. The maximum absolute atomic E-state index is 12.2. The Morgan fingerprint density at radius 1 is 1.38 bits per heavy atom. The lowest BCUT2D eigenvalue weighted by atomic mass is 10.1. The van der Waals surface area contributed by atoms with Crippen LogP contribution < -0.4 is 11.1 Å². The Labute approximate surface area is 133 Å². The van der Waals surface area contributed by atoms with E-state index in [9.17, 15) is 4.79 Å². The molecule has 0 aliphatic heterocycles. The molecule has 21 heavy (non-hydrogen) atoms. The van der Waals surface area contributed by atoms with Crippen LogP contribution >= 0.6 is 22.9 Å². The van der Waals surface area contributed by atoms with Gasteiger partial charge in [-0.2, -0.15) is 0 Å². The highest BCUT2D eigenvalue weighted by Gasteiger charge is 2.08. The topological polar surface area (TPSA) is 55.1 Å². The molecule has 0 atom stereocenters. The third kappa shape index (κ3) is 4.61. The Kier molecular flexibility index (Phi) is 5.40. The first-order valence-corrected chi connectivity index (χ1v) is 7.61. The average molecular weight is 319 g/mol. The molecule has 5 heteroatoms. The van der Waals surface area contributed by atoms with Gasteiger partial charge in [0.25, 0.3) is 5.91 Å². The highest BCUT2D eigenvalue weighted by molar-refractivity contribution is 7.16. The van der Waals surface area contributed by atoms with E-state index < -0.39 is 0 Å². The zero-order valence-corrected chi connectivity index (χ0v) is 13.1. The third-order valence-electron chi connectivity index (χ3n) is 2.73. The van der Waals surface area contributed by atoms with Gasteiger partial charge in [-0.25, -0.2) is 0 Å². The quantitative estimate of drug-likeness (QED) is 0.855. The van der Waals surface area contributed by atoms with Crippen molar-refractivity contribution in [1.29, 1.82) is 0 Å². The first-order valence-electron chi connectivity index (χ1n) is 6.41. The minimum absolute atomic E-state index is 0.126. The van der Waals surface area contributed by atoms with Gasteiger partial charge >= 0.3 is 0 Å². The zero-order chi connectivity index (χ0) is 15.2. The monoisotopic (exact) mass is 318 g/mol. The molecule has 1 amide bonds. The van der Waals surface area contributed by atoms with Crippen LogP contribution in [0.2, 0.25) is 4.34 Å². The van der Waals surface area contributed by atoms with E-state index >= 15 is 0 Å². The van der Waals surface area contributed by atoms with Crippen LogP contribution in [-0.4, -0.2) is 12.5 Å². The maximum atomic E-state index is 12.2. The maximum Gasteiger partial charge on any atom is 0.251 e. The van der Waals surface area contributed by atoms with Gasteiger partial charge < -0.3 is 11.1 Å². The fourth-order valence-corrected chi connectivity index (χ4v) is 2.88. The van der Waals surface area contributed by atoms with Crippen molar-refractivity contribution in [3.8, 4) is 11.8 Å². The van der Waals surface area contributed by atoms with Crippen LogP contribution in [0.25, 0.3) is 0 Å². The molecule has 3 N–H and O–H groups in total. The lowest BCUT2D eigenvalue weighted by molar-refractivity contribution is 0.0951. The zero-order valence-electron chi connectivity index (χ0n) is 11.6. The summed E-state index contributed by atoms with van der Waals surface area (Å²) in [6.45, 7) is 2.70. The van der Waals surface area contributed by atoms with Crippen molar-refractivity contribution in [3.05, 3.63) is 56.2 Å². The molecule has 0 bridgehead atoms. The van der Waals surface area contributed by atoms with Crippen LogP contribution in [0.5, 0.6) is 0 Å². The highest BCUT2D eigenvalue weighted by Crippen LogP contribution is 2.21. The molecule has 1 heterocycles. The molecule has 1 aromatic heterocycles. The summed E-state index contributed by atoms with van der Waals surface area (Å²) < 4.78 is 0.717. The van der Waals surface area contributed by atoms with Gasteiger partial charge in [-0.05, 0) is 42.8 Å². The van der Waals surface area contributed by atoms with E-state index in [0.717, 1.165) is 16.0 Å². The second kappa shape index (κ2) is 7.28.